The first kappa shape index (κ1) is 10.4. The van der Waals surface area contributed by atoms with Gasteiger partial charge in [-0.05, 0) is 18.1 Å². The van der Waals surface area contributed by atoms with Crippen LogP contribution in [0.5, 0.6) is 0 Å². The molecule has 0 amide bonds. The summed E-state index contributed by atoms with van der Waals surface area (Å²) in [7, 11) is 0. The fourth-order valence-corrected chi connectivity index (χ4v) is 1.55. The van der Waals surface area contributed by atoms with Crippen LogP contribution in [0.25, 0.3) is 11.1 Å². The van der Waals surface area contributed by atoms with Crippen molar-refractivity contribution in [2.45, 2.75) is 13.3 Å². The number of nitrogens with zero attached hydrogens (tertiary/aromatic N) is 1. The van der Waals surface area contributed by atoms with Crippen LogP contribution < -0.4 is 0 Å². The smallest absolute Gasteiger partial charge is 0.307 e. The number of carboxylic acid groups (broad SMARTS) is 1. The van der Waals surface area contributed by atoms with Crippen LogP contribution in [0.2, 0.25) is 0 Å². The summed E-state index contributed by atoms with van der Waals surface area (Å²) in [5, 5.41) is 12.3. The highest BCUT2D eigenvalue weighted by Crippen LogP contribution is 2.23. The molecule has 0 unspecified atom stereocenters. The van der Waals surface area contributed by atoms with E-state index in [1.165, 1.54) is 0 Å². The van der Waals surface area contributed by atoms with Crippen molar-refractivity contribution in [2.75, 3.05) is 0 Å². The van der Waals surface area contributed by atoms with Crippen molar-refractivity contribution in [1.29, 1.82) is 0 Å². The van der Waals surface area contributed by atoms with Gasteiger partial charge in [0.15, 0.2) is 0 Å². The Morgan fingerprint density at radius 2 is 2.06 bits per heavy atom. The van der Waals surface area contributed by atoms with Crippen LogP contribution in [-0.2, 0) is 11.2 Å². The molecule has 1 aromatic heterocycles. The molecule has 0 aliphatic rings. The van der Waals surface area contributed by atoms with Gasteiger partial charge in [-0.2, -0.15) is 0 Å². The number of carbonyl (C=O) groups is 1. The van der Waals surface area contributed by atoms with Gasteiger partial charge in [-0.25, -0.2) is 0 Å². The van der Waals surface area contributed by atoms with Gasteiger partial charge in [-0.3, -0.25) is 4.79 Å². The Balaban J connectivity index is 2.26. The average Bonchev–Trinajstić information content (AvgIpc) is 2.65. The largest absolute Gasteiger partial charge is 0.481 e. The summed E-state index contributed by atoms with van der Waals surface area (Å²) in [4.78, 5) is 10.5. The molecule has 4 heteroatoms. The number of hydrogen-bond donors (Lipinski definition) is 1. The molecule has 0 atom stereocenters. The SMILES string of the molecule is Cc1oncc1-c1ccc(CC(=O)O)cc1. The van der Waals surface area contributed by atoms with Gasteiger partial charge in [-0.1, -0.05) is 29.4 Å². The lowest BCUT2D eigenvalue weighted by atomic mass is 10.0. The lowest BCUT2D eigenvalue weighted by Crippen LogP contribution is -1.99. The van der Waals surface area contributed by atoms with E-state index in [2.05, 4.69) is 5.16 Å². The Hall–Kier alpha value is -2.10. The molecule has 1 aromatic carbocycles. The first-order valence-corrected chi connectivity index (χ1v) is 4.89. The molecule has 82 valence electrons. The molecule has 2 rings (SSSR count). The second-order valence-corrected chi connectivity index (χ2v) is 3.56. The molecular weight excluding hydrogens is 206 g/mol. The van der Waals surface area contributed by atoms with Crippen molar-refractivity contribution in [2.24, 2.45) is 0 Å². The second kappa shape index (κ2) is 4.18. The summed E-state index contributed by atoms with van der Waals surface area (Å²) in [6, 6.07) is 7.35. The molecule has 0 saturated heterocycles. The average molecular weight is 217 g/mol. The van der Waals surface area contributed by atoms with Crippen LogP contribution in [0.1, 0.15) is 11.3 Å². The Labute approximate surface area is 92.5 Å². The van der Waals surface area contributed by atoms with Crippen molar-refractivity contribution in [3.63, 3.8) is 0 Å². The van der Waals surface area contributed by atoms with E-state index in [1.54, 1.807) is 18.3 Å². The number of rotatable bonds is 3. The maximum Gasteiger partial charge on any atom is 0.307 e. The van der Waals surface area contributed by atoms with Gasteiger partial charge in [0.25, 0.3) is 0 Å². The molecule has 0 saturated carbocycles. The van der Waals surface area contributed by atoms with Crippen LogP contribution in [0.4, 0.5) is 0 Å². The van der Waals surface area contributed by atoms with E-state index in [0.717, 1.165) is 22.5 Å². The minimum atomic E-state index is -0.825. The molecule has 0 spiro atoms. The molecule has 0 aliphatic carbocycles. The Kier molecular flexibility index (Phi) is 2.72. The highest BCUT2D eigenvalue weighted by atomic mass is 16.5. The summed E-state index contributed by atoms with van der Waals surface area (Å²) < 4.78 is 4.97. The third-order valence-electron chi connectivity index (χ3n) is 2.37. The highest BCUT2D eigenvalue weighted by molar-refractivity contribution is 5.71. The maximum absolute atomic E-state index is 10.5. The first-order valence-electron chi connectivity index (χ1n) is 4.89. The topological polar surface area (TPSA) is 63.3 Å². The third kappa shape index (κ3) is 2.11. The molecular formula is C12H11NO3. The molecule has 1 heterocycles. The van der Waals surface area contributed by atoms with Gasteiger partial charge in [0, 0.05) is 5.56 Å². The van der Waals surface area contributed by atoms with Gasteiger partial charge < -0.3 is 9.63 Å². The first-order chi connectivity index (χ1) is 7.66. The molecule has 16 heavy (non-hydrogen) atoms. The van der Waals surface area contributed by atoms with Crippen LogP contribution in [0.15, 0.2) is 35.0 Å². The lowest BCUT2D eigenvalue weighted by Gasteiger charge is -2.00. The Morgan fingerprint density at radius 1 is 1.38 bits per heavy atom. The predicted molar refractivity (Wildman–Crippen MR) is 58.0 cm³/mol. The van der Waals surface area contributed by atoms with Gasteiger partial charge in [0.05, 0.1) is 12.6 Å². The highest BCUT2D eigenvalue weighted by Gasteiger charge is 2.06. The van der Waals surface area contributed by atoms with E-state index >= 15 is 0 Å². The summed E-state index contributed by atoms with van der Waals surface area (Å²) in [6.07, 6.45) is 1.70. The summed E-state index contributed by atoms with van der Waals surface area (Å²) in [5.41, 5.74) is 2.69. The number of aromatic nitrogens is 1. The van der Waals surface area contributed by atoms with E-state index in [0.29, 0.717) is 0 Å². The molecule has 4 nitrogen and oxygen atoms in total. The summed E-state index contributed by atoms with van der Waals surface area (Å²) >= 11 is 0. The zero-order valence-electron chi connectivity index (χ0n) is 8.80. The minimum absolute atomic E-state index is 0.0445. The predicted octanol–water partition coefficient (Wildman–Crippen LogP) is 2.28. The fraction of sp³-hybridized carbons (Fsp3) is 0.167. The standard InChI is InChI=1S/C12H11NO3/c1-8-11(7-13-16-8)10-4-2-9(3-5-10)6-12(14)15/h2-5,7H,6H2,1H3,(H,14,15). The third-order valence-corrected chi connectivity index (χ3v) is 2.37. The zero-order chi connectivity index (χ0) is 11.5. The second-order valence-electron chi connectivity index (χ2n) is 3.56. The number of hydrogen-bond acceptors (Lipinski definition) is 3. The van der Waals surface area contributed by atoms with Gasteiger partial charge in [-0.15, -0.1) is 0 Å². The maximum atomic E-state index is 10.5. The van der Waals surface area contributed by atoms with Crippen molar-refractivity contribution in [1.82, 2.24) is 5.16 Å². The van der Waals surface area contributed by atoms with Crippen LogP contribution in [0.3, 0.4) is 0 Å². The monoisotopic (exact) mass is 217 g/mol. The zero-order valence-corrected chi connectivity index (χ0v) is 8.80. The van der Waals surface area contributed by atoms with Gasteiger partial charge in [0.1, 0.15) is 5.76 Å². The van der Waals surface area contributed by atoms with Crippen LogP contribution in [-0.4, -0.2) is 16.2 Å². The Bertz CT molecular complexity index is 499. The van der Waals surface area contributed by atoms with Crippen molar-refractivity contribution >= 4 is 5.97 Å². The fourth-order valence-electron chi connectivity index (χ4n) is 1.55. The molecule has 0 radical (unpaired) electrons. The lowest BCUT2D eigenvalue weighted by molar-refractivity contribution is -0.136. The van der Waals surface area contributed by atoms with E-state index < -0.39 is 5.97 Å². The van der Waals surface area contributed by atoms with Gasteiger partial charge in [0.2, 0.25) is 0 Å². The summed E-state index contributed by atoms with van der Waals surface area (Å²) in [6.45, 7) is 1.84. The normalized spacial score (nSPS) is 10.3. The van der Waals surface area contributed by atoms with E-state index in [-0.39, 0.29) is 6.42 Å². The number of benzene rings is 1. The number of aliphatic carboxylic acids is 1. The number of carboxylic acids is 1. The van der Waals surface area contributed by atoms with Crippen LogP contribution >= 0.6 is 0 Å². The van der Waals surface area contributed by atoms with Crippen LogP contribution in [0, 0.1) is 6.92 Å². The quantitative estimate of drug-likeness (QED) is 0.856. The molecule has 0 fully saturated rings. The molecule has 2 aromatic rings. The minimum Gasteiger partial charge on any atom is -0.481 e. The van der Waals surface area contributed by atoms with E-state index in [9.17, 15) is 4.79 Å². The van der Waals surface area contributed by atoms with Crippen molar-refractivity contribution in [3.8, 4) is 11.1 Å². The van der Waals surface area contributed by atoms with E-state index in [4.69, 9.17) is 9.63 Å². The number of aryl methyl sites for hydroxylation is 1. The van der Waals surface area contributed by atoms with Crippen molar-refractivity contribution in [3.05, 3.63) is 41.8 Å². The Morgan fingerprint density at radius 3 is 2.56 bits per heavy atom. The molecule has 0 aliphatic heterocycles. The summed E-state index contributed by atoms with van der Waals surface area (Å²) in [5.74, 6) is -0.0695. The van der Waals surface area contributed by atoms with E-state index in [1.807, 2.05) is 19.1 Å². The molecule has 1 N–H and O–H groups in total. The molecule has 0 bridgehead atoms. The van der Waals surface area contributed by atoms with Gasteiger partial charge >= 0.3 is 5.97 Å². The van der Waals surface area contributed by atoms with Crippen molar-refractivity contribution < 1.29 is 14.4 Å².